The molecule has 1 rings (SSSR count). The normalized spacial score (nSPS) is 11.9. The molecule has 112 valence electrons. The smallest absolute Gasteiger partial charge is 0.240 e. The highest BCUT2D eigenvalue weighted by Gasteiger charge is 2.38. The first-order chi connectivity index (χ1) is 9.14. The number of benzene rings is 1. The summed E-state index contributed by atoms with van der Waals surface area (Å²) in [7, 11) is -3.46. The topological polar surface area (TPSA) is 98.5 Å². The molecule has 1 aromatic carbocycles. The Kier molecular flexibility index (Phi) is 4.99. The molecule has 0 aliphatic heterocycles. The lowest BCUT2D eigenvalue weighted by molar-refractivity contribution is -0.122. The number of nitrogen functional groups attached to an aromatic ring is 1. The van der Waals surface area contributed by atoms with Crippen molar-refractivity contribution in [1.29, 1.82) is 0 Å². The number of sulfone groups is 1. The SMILES string of the molecule is CC(C)(C(=O)NCCOc1ccc(N)cc1)S(C)(=O)=O. The Morgan fingerprint density at radius 2 is 1.85 bits per heavy atom. The zero-order valence-electron chi connectivity index (χ0n) is 11.8. The average molecular weight is 300 g/mol. The molecule has 0 bridgehead atoms. The van der Waals surface area contributed by atoms with E-state index in [0.29, 0.717) is 11.4 Å². The molecule has 0 atom stereocenters. The van der Waals surface area contributed by atoms with E-state index < -0.39 is 20.5 Å². The van der Waals surface area contributed by atoms with Crippen molar-refractivity contribution < 1.29 is 17.9 Å². The molecule has 1 amide bonds. The number of ether oxygens (including phenoxy) is 1. The van der Waals surface area contributed by atoms with E-state index in [1.54, 1.807) is 24.3 Å². The van der Waals surface area contributed by atoms with Gasteiger partial charge in [-0.05, 0) is 38.1 Å². The van der Waals surface area contributed by atoms with Crippen LogP contribution in [0.2, 0.25) is 0 Å². The van der Waals surface area contributed by atoms with Gasteiger partial charge in [0.15, 0.2) is 9.84 Å². The number of anilines is 1. The summed E-state index contributed by atoms with van der Waals surface area (Å²) in [5.74, 6) is 0.0942. The van der Waals surface area contributed by atoms with Crippen molar-refractivity contribution in [3.63, 3.8) is 0 Å². The minimum atomic E-state index is -3.46. The number of nitrogens with one attached hydrogen (secondary N) is 1. The minimum absolute atomic E-state index is 0.224. The quantitative estimate of drug-likeness (QED) is 0.592. The second-order valence-electron chi connectivity index (χ2n) is 4.96. The first-order valence-corrected chi connectivity index (χ1v) is 8.00. The average Bonchev–Trinajstić information content (AvgIpc) is 2.35. The molecule has 0 aliphatic rings. The molecule has 0 fully saturated rings. The van der Waals surface area contributed by atoms with Gasteiger partial charge >= 0.3 is 0 Å². The number of rotatable bonds is 6. The molecule has 3 N–H and O–H groups in total. The van der Waals surface area contributed by atoms with Crippen molar-refractivity contribution in [2.24, 2.45) is 0 Å². The molecule has 0 aliphatic carbocycles. The minimum Gasteiger partial charge on any atom is -0.492 e. The molecule has 0 saturated heterocycles. The van der Waals surface area contributed by atoms with Crippen molar-refractivity contribution in [2.45, 2.75) is 18.6 Å². The zero-order chi connectivity index (χ0) is 15.4. The molecule has 0 spiro atoms. The highest BCUT2D eigenvalue weighted by Crippen LogP contribution is 2.15. The molecule has 20 heavy (non-hydrogen) atoms. The standard InChI is InChI=1S/C13H20N2O4S/c1-13(2,20(3,17)18)12(16)15-8-9-19-11-6-4-10(14)5-7-11/h4-7H,8-9,14H2,1-3H3,(H,15,16). The van der Waals surface area contributed by atoms with Crippen LogP contribution in [0.15, 0.2) is 24.3 Å². The Morgan fingerprint density at radius 1 is 1.30 bits per heavy atom. The maximum atomic E-state index is 11.8. The second kappa shape index (κ2) is 6.13. The van der Waals surface area contributed by atoms with Gasteiger partial charge in [0.2, 0.25) is 5.91 Å². The Balaban J connectivity index is 2.42. The number of carbonyl (C=O) groups is 1. The van der Waals surface area contributed by atoms with Gasteiger partial charge in [-0.25, -0.2) is 8.42 Å². The number of nitrogens with two attached hydrogens (primary N) is 1. The van der Waals surface area contributed by atoms with E-state index >= 15 is 0 Å². The third kappa shape index (κ3) is 4.12. The Bertz CT molecular complexity index is 565. The van der Waals surface area contributed by atoms with Crippen LogP contribution in [0, 0.1) is 0 Å². The highest BCUT2D eigenvalue weighted by atomic mass is 32.2. The largest absolute Gasteiger partial charge is 0.492 e. The van der Waals surface area contributed by atoms with Crippen LogP contribution in [-0.2, 0) is 14.6 Å². The van der Waals surface area contributed by atoms with Crippen LogP contribution in [-0.4, -0.2) is 38.5 Å². The molecule has 1 aromatic rings. The van der Waals surface area contributed by atoms with Gasteiger partial charge in [-0.15, -0.1) is 0 Å². The summed E-state index contributed by atoms with van der Waals surface area (Å²) in [6.45, 7) is 3.22. The van der Waals surface area contributed by atoms with E-state index in [1.165, 1.54) is 13.8 Å². The van der Waals surface area contributed by atoms with Crippen molar-refractivity contribution in [2.75, 3.05) is 25.1 Å². The summed E-state index contributed by atoms with van der Waals surface area (Å²) in [4.78, 5) is 11.8. The number of amides is 1. The number of carbonyl (C=O) groups excluding carboxylic acids is 1. The maximum Gasteiger partial charge on any atom is 0.240 e. The van der Waals surface area contributed by atoms with Crippen molar-refractivity contribution in [3.8, 4) is 5.75 Å². The summed E-state index contributed by atoms with van der Waals surface area (Å²) in [6.07, 6.45) is 1.04. The van der Waals surface area contributed by atoms with E-state index in [-0.39, 0.29) is 13.2 Å². The van der Waals surface area contributed by atoms with Gasteiger partial charge in [-0.2, -0.15) is 0 Å². The molecular weight excluding hydrogens is 280 g/mol. The summed E-state index contributed by atoms with van der Waals surface area (Å²) in [5, 5.41) is 2.54. The molecular formula is C13H20N2O4S. The second-order valence-corrected chi connectivity index (χ2v) is 7.52. The monoisotopic (exact) mass is 300 g/mol. The van der Waals surface area contributed by atoms with Crippen LogP contribution in [0.25, 0.3) is 0 Å². The van der Waals surface area contributed by atoms with Crippen molar-refractivity contribution >= 4 is 21.4 Å². The Morgan fingerprint density at radius 3 is 2.35 bits per heavy atom. The Labute approximate surface area is 119 Å². The number of hydrogen-bond acceptors (Lipinski definition) is 5. The summed E-state index contributed by atoms with van der Waals surface area (Å²) in [6, 6.07) is 6.86. The lowest BCUT2D eigenvalue weighted by Crippen LogP contribution is -2.48. The molecule has 7 heteroatoms. The van der Waals surface area contributed by atoms with Crippen LogP contribution in [0.1, 0.15) is 13.8 Å². The van der Waals surface area contributed by atoms with Crippen LogP contribution in [0.3, 0.4) is 0 Å². The predicted octanol–water partition coefficient (Wildman–Crippen LogP) is 0.587. The van der Waals surface area contributed by atoms with Gasteiger partial charge in [0.1, 0.15) is 17.1 Å². The molecule has 0 aromatic heterocycles. The zero-order valence-corrected chi connectivity index (χ0v) is 12.7. The lowest BCUT2D eigenvalue weighted by atomic mass is 10.2. The summed E-state index contributed by atoms with van der Waals surface area (Å²) in [5.41, 5.74) is 6.18. The first-order valence-electron chi connectivity index (χ1n) is 6.11. The third-order valence-electron chi connectivity index (χ3n) is 3.01. The molecule has 0 unspecified atom stereocenters. The summed E-state index contributed by atoms with van der Waals surface area (Å²) >= 11 is 0. The summed E-state index contributed by atoms with van der Waals surface area (Å²) < 4.78 is 26.9. The fraction of sp³-hybridized carbons (Fsp3) is 0.462. The molecule has 6 nitrogen and oxygen atoms in total. The van der Waals surface area contributed by atoms with Crippen molar-refractivity contribution in [1.82, 2.24) is 5.32 Å². The van der Waals surface area contributed by atoms with E-state index in [4.69, 9.17) is 10.5 Å². The highest BCUT2D eigenvalue weighted by molar-refractivity contribution is 7.92. The van der Waals surface area contributed by atoms with Crippen LogP contribution < -0.4 is 15.8 Å². The van der Waals surface area contributed by atoms with Gasteiger partial charge in [0.05, 0.1) is 6.54 Å². The van der Waals surface area contributed by atoms with Gasteiger partial charge in [-0.1, -0.05) is 0 Å². The number of hydrogen-bond donors (Lipinski definition) is 2. The lowest BCUT2D eigenvalue weighted by Gasteiger charge is -2.21. The van der Waals surface area contributed by atoms with Gasteiger partial charge in [0, 0.05) is 11.9 Å². The van der Waals surface area contributed by atoms with Gasteiger partial charge < -0.3 is 15.8 Å². The maximum absolute atomic E-state index is 11.8. The van der Waals surface area contributed by atoms with Crippen molar-refractivity contribution in [3.05, 3.63) is 24.3 Å². The van der Waals surface area contributed by atoms with Crippen LogP contribution in [0.4, 0.5) is 5.69 Å². The molecule has 0 radical (unpaired) electrons. The van der Waals surface area contributed by atoms with Crippen LogP contribution >= 0.6 is 0 Å². The van der Waals surface area contributed by atoms with E-state index in [1.807, 2.05) is 0 Å². The first kappa shape index (κ1) is 16.3. The van der Waals surface area contributed by atoms with Crippen LogP contribution in [0.5, 0.6) is 5.75 Å². The fourth-order valence-corrected chi connectivity index (χ4v) is 1.69. The molecule has 0 saturated carbocycles. The van der Waals surface area contributed by atoms with E-state index in [9.17, 15) is 13.2 Å². The van der Waals surface area contributed by atoms with Gasteiger partial charge in [0.25, 0.3) is 0 Å². The Hall–Kier alpha value is -1.76. The molecule has 0 heterocycles. The predicted molar refractivity (Wildman–Crippen MR) is 78.3 cm³/mol. The third-order valence-corrected chi connectivity index (χ3v) is 5.05. The van der Waals surface area contributed by atoms with E-state index in [2.05, 4.69) is 5.32 Å². The van der Waals surface area contributed by atoms with Gasteiger partial charge in [-0.3, -0.25) is 4.79 Å². The fourth-order valence-electron chi connectivity index (χ4n) is 1.28. The van der Waals surface area contributed by atoms with E-state index in [0.717, 1.165) is 6.26 Å².